The van der Waals surface area contributed by atoms with Gasteiger partial charge in [-0.05, 0) is 36.6 Å². The topological polar surface area (TPSA) is 55.1 Å². The molecule has 0 aliphatic rings. The van der Waals surface area contributed by atoms with E-state index in [1.807, 2.05) is 36.5 Å². The fourth-order valence-electron chi connectivity index (χ4n) is 1.74. The molecule has 1 N–H and O–H groups in total. The lowest BCUT2D eigenvalue weighted by atomic mass is 10.0. The second-order valence-electron chi connectivity index (χ2n) is 4.40. The van der Waals surface area contributed by atoms with Crippen molar-refractivity contribution in [1.82, 2.24) is 9.78 Å². The lowest BCUT2D eigenvalue weighted by Crippen LogP contribution is -2.10. The van der Waals surface area contributed by atoms with Crippen molar-refractivity contribution in [1.29, 1.82) is 0 Å². The average Bonchev–Trinajstić information content (AvgIpc) is 2.90. The van der Waals surface area contributed by atoms with E-state index in [0.717, 1.165) is 17.7 Å². The van der Waals surface area contributed by atoms with E-state index in [-0.39, 0.29) is 5.92 Å². The number of hydrogen-bond acceptors (Lipinski definition) is 2. The van der Waals surface area contributed by atoms with Gasteiger partial charge in [-0.15, -0.1) is 0 Å². The zero-order chi connectivity index (χ0) is 13.0. The van der Waals surface area contributed by atoms with Crippen LogP contribution in [-0.2, 0) is 11.2 Å². The van der Waals surface area contributed by atoms with Gasteiger partial charge in [0.1, 0.15) is 0 Å². The van der Waals surface area contributed by atoms with Gasteiger partial charge in [-0.25, -0.2) is 4.68 Å². The fraction of sp³-hybridized carbons (Fsp3) is 0.286. The summed E-state index contributed by atoms with van der Waals surface area (Å²) in [5, 5.41) is 13.0. The Morgan fingerprint density at radius 1 is 1.39 bits per heavy atom. The minimum atomic E-state index is -0.733. The van der Waals surface area contributed by atoms with Gasteiger partial charge >= 0.3 is 5.97 Å². The highest BCUT2D eigenvalue weighted by molar-refractivity contribution is 5.69. The number of aryl methyl sites for hydroxylation is 1. The number of hydrogen-bond donors (Lipinski definition) is 1. The number of carboxylic acid groups (broad SMARTS) is 1. The third-order valence-electron chi connectivity index (χ3n) is 2.99. The van der Waals surface area contributed by atoms with Gasteiger partial charge in [0.15, 0.2) is 0 Å². The van der Waals surface area contributed by atoms with Crippen LogP contribution in [0, 0.1) is 5.92 Å². The molecule has 0 fully saturated rings. The van der Waals surface area contributed by atoms with E-state index in [1.165, 1.54) is 0 Å². The molecule has 4 heteroatoms. The summed E-state index contributed by atoms with van der Waals surface area (Å²) in [7, 11) is 0. The lowest BCUT2D eigenvalue weighted by Gasteiger charge is -2.07. The summed E-state index contributed by atoms with van der Waals surface area (Å²) in [4.78, 5) is 10.7. The molecule has 2 rings (SSSR count). The van der Waals surface area contributed by atoms with Gasteiger partial charge in [-0.3, -0.25) is 4.79 Å². The van der Waals surface area contributed by atoms with E-state index in [1.54, 1.807) is 17.8 Å². The highest BCUT2D eigenvalue weighted by atomic mass is 16.4. The molecule has 1 aromatic heterocycles. The predicted molar refractivity (Wildman–Crippen MR) is 68.7 cm³/mol. The monoisotopic (exact) mass is 244 g/mol. The molecule has 4 nitrogen and oxygen atoms in total. The Morgan fingerprint density at radius 3 is 2.67 bits per heavy atom. The number of aromatic nitrogens is 2. The molecule has 0 radical (unpaired) electrons. The largest absolute Gasteiger partial charge is 0.481 e. The first kappa shape index (κ1) is 12.4. The maximum Gasteiger partial charge on any atom is 0.306 e. The fourth-order valence-corrected chi connectivity index (χ4v) is 1.74. The molecule has 2 aromatic rings. The van der Waals surface area contributed by atoms with Crippen molar-refractivity contribution in [2.45, 2.75) is 19.8 Å². The number of carboxylic acids is 1. The molecule has 94 valence electrons. The van der Waals surface area contributed by atoms with E-state index < -0.39 is 5.97 Å². The van der Waals surface area contributed by atoms with Crippen molar-refractivity contribution < 1.29 is 9.90 Å². The maximum absolute atomic E-state index is 10.7. The van der Waals surface area contributed by atoms with Gasteiger partial charge in [-0.2, -0.15) is 5.10 Å². The molecule has 1 unspecified atom stereocenters. The zero-order valence-electron chi connectivity index (χ0n) is 10.3. The van der Waals surface area contributed by atoms with E-state index >= 15 is 0 Å². The molecule has 0 amide bonds. The van der Waals surface area contributed by atoms with Gasteiger partial charge in [0.25, 0.3) is 0 Å². The van der Waals surface area contributed by atoms with Crippen molar-refractivity contribution in [2.24, 2.45) is 5.92 Å². The summed E-state index contributed by atoms with van der Waals surface area (Å²) in [5.74, 6) is -1.03. The van der Waals surface area contributed by atoms with Crippen LogP contribution in [0.2, 0.25) is 0 Å². The number of rotatable bonds is 5. The first-order chi connectivity index (χ1) is 8.66. The summed E-state index contributed by atoms with van der Waals surface area (Å²) in [6, 6.07) is 9.90. The Hall–Kier alpha value is -2.10. The summed E-state index contributed by atoms with van der Waals surface area (Å²) in [5.41, 5.74) is 2.16. The zero-order valence-corrected chi connectivity index (χ0v) is 10.3. The Morgan fingerprint density at radius 2 is 2.11 bits per heavy atom. The van der Waals surface area contributed by atoms with Crippen molar-refractivity contribution in [3.05, 3.63) is 48.3 Å². The van der Waals surface area contributed by atoms with Crippen LogP contribution in [0.4, 0.5) is 0 Å². The second-order valence-corrected chi connectivity index (χ2v) is 4.40. The number of carbonyl (C=O) groups is 1. The molecule has 18 heavy (non-hydrogen) atoms. The van der Waals surface area contributed by atoms with Crippen molar-refractivity contribution in [3.8, 4) is 5.69 Å². The molecule has 0 saturated heterocycles. The second kappa shape index (κ2) is 5.49. The molecule has 1 heterocycles. The van der Waals surface area contributed by atoms with Gasteiger partial charge in [-0.1, -0.05) is 19.1 Å². The Labute approximate surface area is 106 Å². The van der Waals surface area contributed by atoms with Crippen LogP contribution >= 0.6 is 0 Å². The Bertz CT molecular complexity index is 503. The minimum absolute atomic E-state index is 0.296. The van der Waals surface area contributed by atoms with Crippen molar-refractivity contribution in [2.75, 3.05) is 0 Å². The van der Waals surface area contributed by atoms with Gasteiger partial charge in [0.05, 0.1) is 11.6 Å². The first-order valence-corrected chi connectivity index (χ1v) is 5.98. The molecule has 0 bridgehead atoms. The van der Waals surface area contributed by atoms with E-state index in [4.69, 9.17) is 5.11 Å². The lowest BCUT2D eigenvalue weighted by molar-refractivity contribution is -0.141. The predicted octanol–water partition coefficient (Wildman–Crippen LogP) is 2.53. The Balaban J connectivity index is 1.98. The van der Waals surface area contributed by atoms with E-state index in [0.29, 0.717) is 6.42 Å². The first-order valence-electron chi connectivity index (χ1n) is 5.98. The van der Waals surface area contributed by atoms with Crippen molar-refractivity contribution in [3.63, 3.8) is 0 Å². The minimum Gasteiger partial charge on any atom is -0.481 e. The van der Waals surface area contributed by atoms with Crippen LogP contribution in [-0.4, -0.2) is 20.9 Å². The van der Waals surface area contributed by atoms with Crippen LogP contribution in [0.25, 0.3) is 5.69 Å². The molecule has 1 atom stereocenters. The molecule has 0 saturated carbocycles. The van der Waals surface area contributed by atoms with Gasteiger partial charge < -0.3 is 5.11 Å². The molecule has 0 aliphatic carbocycles. The Kier molecular flexibility index (Phi) is 3.77. The van der Waals surface area contributed by atoms with Crippen LogP contribution < -0.4 is 0 Å². The number of nitrogens with zero attached hydrogens (tertiary/aromatic N) is 2. The summed E-state index contributed by atoms with van der Waals surface area (Å²) < 4.78 is 1.80. The molecule has 0 aliphatic heterocycles. The number of benzene rings is 1. The maximum atomic E-state index is 10.7. The van der Waals surface area contributed by atoms with Crippen LogP contribution in [0.1, 0.15) is 18.9 Å². The molecular weight excluding hydrogens is 228 g/mol. The van der Waals surface area contributed by atoms with Crippen LogP contribution in [0.5, 0.6) is 0 Å². The molecule has 0 spiro atoms. The average molecular weight is 244 g/mol. The van der Waals surface area contributed by atoms with Crippen LogP contribution in [0.15, 0.2) is 42.7 Å². The van der Waals surface area contributed by atoms with Gasteiger partial charge in [0, 0.05) is 12.4 Å². The highest BCUT2D eigenvalue weighted by Gasteiger charge is 2.10. The third kappa shape index (κ3) is 2.97. The number of aliphatic carboxylic acids is 1. The van der Waals surface area contributed by atoms with E-state index in [9.17, 15) is 4.79 Å². The SMILES string of the molecule is CC(CCc1ccc(-n2cccn2)cc1)C(=O)O. The van der Waals surface area contributed by atoms with E-state index in [2.05, 4.69) is 5.10 Å². The summed E-state index contributed by atoms with van der Waals surface area (Å²) in [6.45, 7) is 1.74. The standard InChI is InChI=1S/C14H16N2O2/c1-11(14(17)18)3-4-12-5-7-13(8-6-12)16-10-2-9-15-16/h2,5-11H,3-4H2,1H3,(H,17,18). The molecule has 1 aromatic carbocycles. The quantitative estimate of drug-likeness (QED) is 0.879. The van der Waals surface area contributed by atoms with Gasteiger partial charge in [0.2, 0.25) is 0 Å². The van der Waals surface area contributed by atoms with Crippen LogP contribution in [0.3, 0.4) is 0 Å². The summed E-state index contributed by atoms with van der Waals surface area (Å²) >= 11 is 0. The van der Waals surface area contributed by atoms with Crippen molar-refractivity contribution >= 4 is 5.97 Å². The smallest absolute Gasteiger partial charge is 0.306 e. The highest BCUT2D eigenvalue weighted by Crippen LogP contribution is 2.13. The summed E-state index contributed by atoms with van der Waals surface area (Å²) in [6.07, 6.45) is 5.08. The normalized spacial score (nSPS) is 12.3. The molecular formula is C14H16N2O2. The third-order valence-corrected chi connectivity index (χ3v) is 2.99.